The number of anilines is 2. The lowest BCUT2D eigenvalue weighted by Gasteiger charge is -2.31. The summed E-state index contributed by atoms with van der Waals surface area (Å²) >= 11 is 0. The summed E-state index contributed by atoms with van der Waals surface area (Å²) in [6, 6.07) is 8.00. The molecule has 3 heterocycles. The van der Waals surface area contributed by atoms with Gasteiger partial charge in [-0.15, -0.1) is 0 Å². The molecular formula is C27H39N5O2. The zero-order valence-electron chi connectivity index (χ0n) is 20.7. The van der Waals surface area contributed by atoms with Crippen LogP contribution in [0.5, 0.6) is 0 Å². The maximum absolute atomic E-state index is 12.4. The number of likely N-dealkylation sites (tertiary alicyclic amines) is 1. The van der Waals surface area contributed by atoms with Gasteiger partial charge in [-0.3, -0.25) is 9.59 Å². The van der Waals surface area contributed by atoms with Crippen LogP contribution in [0, 0.1) is 12.8 Å². The third-order valence-corrected chi connectivity index (χ3v) is 7.14. The monoisotopic (exact) mass is 465 g/mol. The number of fused-ring (bicyclic) bond motifs is 1. The Labute approximate surface area is 203 Å². The fourth-order valence-corrected chi connectivity index (χ4v) is 4.93. The lowest BCUT2D eigenvalue weighted by molar-refractivity contribution is -0.124. The van der Waals surface area contributed by atoms with E-state index in [9.17, 15) is 9.59 Å². The van der Waals surface area contributed by atoms with E-state index in [1.807, 2.05) is 18.2 Å². The van der Waals surface area contributed by atoms with E-state index < -0.39 is 0 Å². The fraction of sp³-hybridized carbons (Fsp3) is 0.593. The largest absolute Gasteiger partial charge is 0.357 e. The molecular weight excluding hydrogens is 426 g/mol. The summed E-state index contributed by atoms with van der Waals surface area (Å²) in [6.07, 6.45) is 6.34. The Hall–Kier alpha value is -2.67. The lowest BCUT2D eigenvalue weighted by Crippen LogP contribution is -2.33. The molecule has 7 nitrogen and oxygen atoms in total. The average molecular weight is 466 g/mol. The Bertz CT molecular complexity index is 994. The van der Waals surface area contributed by atoms with E-state index in [1.54, 1.807) is 0 Å². The highest BCUT2D eigenvalue weighted by molar-refractivity contribution is 5.96. The molecule has 0 unspecified atom stereocenters. The van der Waals surface area contributed by atoms with Crippen LogP contribution in [-0.4, -0.2) is 61.0 Å². The van der Waals surface area contributed by atoms with Crippen molar-refractivity contribution >= 4 is 34.2 Å². The molecule has 184 valence electrons. The summed E-state index contributed by atoms with van der Waals surface area (Å²) in [4.78, 5) is 34.2. The standard InChI is InChI=1S/C27H39N5O2/c1-20-10-16-32(17-11-20)25-18-21(2)23-19-22(6-7-24(23)30-25)29-27(34)9-8-26(33)28-12-5-15-31-13-3-4-14-31/h6-7,18-20H,3-5,8-17H2,1-2H3,(H,28,33)(H,29,34). The van der Waals surface area contributed by atoms with Gasteiger partial charge in [0.1, 0.15) is 5.82 Å². The number of rotatable bonds is 9. The van der Waals surface area contributed by atoms with Crippen molar-refractivity contribution in [3.63, 3.8) is 0 Å². The van der Waals surface area contributed by atoms with Crippen molar-refractivity contribution in [3.05, 3.63) is 29.8 Å². The van der Waals surface area contributed by atoms with Gasteiger partial charge in [-0.2, -0.15) is 0 Å². The van der Waals surface area contributed by atoms with Gasteiger partial charge in [0.05, 0.1) is 5.52 Å². The van der Waals surface area contributed by atoms with Crippen molar-refractivity contribution in [2.45, 2.75) is 58.8 Å². The summed E-state index contributed by atoms with van der Waals surface area (Å²) in [5.74, 6) is 1.63. The molecule has 1 aromatic heterocycles. The third-order valence-electron chi connectivity index (χ3n) is 7.14. The number of carbonyl (C=O) groups is 2. The van der Waals surface area contributed by atoms with Gasteiger partial charge in [0.2, 0.25) is 11.8 Å². The number of nitrogens with zero attached hydrogens (tertiary/aromatic N) is 3. The second kappa shape index (κ2) is 11.6. The first kappa shape index (κ1) is 24.5. The molecule has 2 saturated heterocycles. The summed E-state index contributed by atoms with van der Waals surface area (Å²) < 4.78 is 0. The third kappa shape index (κ3) is 6.69. The number of aromatic nitrogens is 1. The zero-order chi connectivity index (χ0) is 23.9. The summed E-state index contributed by atoms with van der Waals surface area (Å²) in [6.45, 7) is 10.6. The predicted octanol–water partition coefficient (Wildman–Crippen LogP) is 4.10. The maximum Gasteiger partial charge on any atom is 0.224 e. The Balaban J connectivity index is 1.24. The highest BCUT2D eigenvalue weighted by Gasteiger charge is 2.18. The van der Waals surface area contributed by atoms with Crippen LogP contribution in [0.3, 0.4) is 0 Å². The Morgan fingerprint density at radius 2 is 1.76 bits per heavy atom. The quantitative estimate of drug-likeness (QED) is 0.545. The molecule has 7 heteroatoms. The second-order valence-corrected chi connectivity index (χ2v) is 10.00. The molecule has 1 aromatic carbocycles. The van der Waals surface area contributed by atoms with E-state index in [1.165, 1.54) is 38.8 Å². The van der Waals surface area contributed by atoms with Crippen LogP contribution in [0.2, 0.25) is 0 Å². The van der Waals surface area contributed by atoms with Gasteiger partial charge in [0.15, 0.2) is 0 Å². The first-order chi connectivity index (χ1) is 16.5. The van der Waals surface area contributed by atoms with Gasteiger partial charge >= 0.3 is 0 Å². The summed E-state index contributed by atoms with van der Waals surface area (Å²) in [5, 5.41) is 6.92. The van der Waals surface area contributed by atoms with Crippen molar-refractivity contribution < 1.29 is 9.59 Å². The maximum atomic E-state index is 12.4. The van der Waals surface area contributed by atoms with Crippen LogP contribution in [0.1, 0.15) is 57.4 Å². The normalized spacial score (nSPS) is 17.3. The number of nitrogens with one attached hydrogen (secondary N) is 2. The Kier molecular flexibility index (Phi) is 8.38. The summed E-state index contributed by atoms with van der Waals surface area (Å²) in [7, 11) is 0. The Morgan fingerprint density at radius 1 is 1.03 bits per heavy atom. The van der Waals surface area contributed by atoms with Crippen LogP contribution in [-0.2, 0) is 9.59 Å². The minimum Gasteiger partial charge on any atom is -0.357 e. The minimum absolute atomic E-state index is 0.0604. The van der Waals surface area contributed by atoms with Crippen molar-refractivity contribution in [2.24, 2.45) is 5.92 Å². The van der Waals surface area contributed by atoms with Crippen LogP contribution in [0.4, 0.5) is 11.5 Å². The van der Waals surface area contributed by atoms with Gasteiger partial charge in [-0.1, -0.05) is 6.92 Å². The van der Waals surface area contributed by atoms with E-state index in [4.69, 9.17) is 4.98 Å². The number of aryl methyl sites for hydroxylation is 1. The minimum atomic E-state index is -0.142. The molecule has 0 saturated carbocycles. The first-order valence-electron chi connectivity index (χ1n) is 12.9. The molecule has 4 rings (SSSR count). The second-order valence-electron chi connectivity index (χ2n) is 10.00. The zero-order valence-corrected chi connectivity index (χ0v) is 20.7. The molecule has 0 aliphatic carbocycles. The molecule has 0 spiro atoms. The predicted molar refractivity (Wildman–Crippen MR) is 138 cm³/mol. The molecule has 0 atom stereocenters. The average Bonchev–Trinajstić information content (AvgIpc) is 3.35. The summed E-state index contributed by atoms with van der Waals surface area (Å²) in [5.41, 5.74) is 2.84. The number of hydrogen-bond donors (Lipinski definition) is 2. The van der Waals surface area contributed by atoms with Gasteiger partial charge < -0.3 is 20.4 Å². The Morgan fingerprint density at radius 3 is 2.53 bits per heavy atom. The van der Waals surface area contributed by atoms with E-state index >= 15 is 0 Å². The smallest absolute Gasteiger partial charge is 0.224 e. The van der Waals surface area contributed by atoms with Crippen molar-refractivity contribution in [3.8, 4) is 0 Å². The molecule has 2 amide bonds. The molecule has 2 aliphatic rings. The van der Waals surface area contributed by atoms with Gasteiger partial charge in [-0.25, -0.2) is 4.98 Å². The van der Waals surface area contributed by atoms with Crippen LogP contribution in [0.15, 0.2) is 24.3 Å². The van der Waals surface area contributed by atoms with Crippen LogP contribution >= 0.6 is 0 Å². The molecule has 34 heavy (non-hydrogen) atoms. The van der Waals surface area contributed by atoms with Gasteiger partial charge in [-0.05, 0) is 94.4 Å². The van der Waals surface area contributed by atoms with E-state index in [-0.39, 0.29) is 24.7 Å². The number of amides is 2. The molecule has 0 bridgehead atoms. The van der Waals surface area contributed by atoms with Gasteiger partial charge in [0, 0.05) is 43.5 Å². The number of piperidine rings is 1. The van der Waals surface area contributed by atoms with Gasteiger partial charge in [0.25, 0.3) is 0 Å². The SMILES string of the molecule is Cc1cc(N2CCC(C)CC2)nc2ccc(NC(=O)CCC(=O)NCCCN3CCCC3)cc12. The topological polar surface area (TPSA) is 77.6 Å². The van der Waals surface area contributed by atoms with E-state index in [0.29, 0.717) is 6.54 Å². The fourth-order valence-electron chi connectivity index (χ4n) is 4.93. The molecule has 2 aromatic rings. The number of hydrogen-bond acceptors (Lipinski definition) is 5. The van der Waals surface area contributed by atoms with E-state index in [0.717, 1.165) is 59.9 Å². The lowest BCUT2D eigenvalue weighted by atomic mass is 9.99. The van der Waals surface area contributed by atoms with Crippen molar-refractivity contribution in [1.82, 2.24) is 15.2 Å². The number of benzene rings is 1. The number of pyridine rings is 1. The number of carbonyl (C=O) groups excluding carboxylic acids is 2. The molecule has 2 aliphatic heterocycles. The van der Waals surface area contributed by atoms with Crippen LogP contribution in [0.25, 0.3) is 10.9 Å². The molecule has 2 fully saturated rings. The highest BCUT2D eigenvalue weighted by Crippen LogP contribution is 2.28. The van der Waals surface area contributed by atoms with Crippen molar-refractivity contribution in [1.29, 1.82) is 0 Å². The molecule has 2 N–H and O–H groups in total. The van der Waals surface area contributed by atoms with Crippen LogP contribution < -0.4 is 15.5 Å². The highest BCUT2D eigenvalue weighted by atomic mass is 16.2. The molecule has 0 radical (unpaired) electrons. The van der Waals surface area contributed by atoms with Crippen molar-refractivity contribution in [2.75, 3.05) is 49.5 Å². The van der Waals surface area contributed by atoms with E-state index in [2.05, 4.69) is 40.3 Å². The first-order valence-corrected chi connectivity index (χ1v) is 12.9.